The zero-order valence-electron chi connectivity index (χ0n) is 12.0. The standard InChI is InChI=1S/C14H19F2N3O2/c1-17-5-7-18(8-6-17)4-2-3-11-9-13(16)14(19(20)21)10-12(11)15/h9-10H,2-8H2,1H3. The molecule has 2 rings (SSSR count). The van der Waals surface area contributed by atoms with Gasteiger partial charge in [-0.05, 0) is 38.1 Å². The molecular weight excluding hydrogens is 280 g/mol. The van der Waals surface area contributed by atoms with Crippen LogP contribution in [0, 0.1) is 21.7 Å². The summed E-state index contributed by atoms with van der Waals surface area (Å²) in [5.74, 6) is -1.68. The van der Waals surface area contributed by atoms with Crippen molar-refractivity contribution < 1.29 is 13.7 Å². The number of piperazine rings is 1. The predicted octanol–water partition coefficient (Wildman–Crippen LogP) is 2.05. The summed E-state index contributed by atoms with van der Waals surface area (Å²) in [5.41, 5.74) is -0.609. The SMILES string of the molecule is CN1CCN(CCCc2cc(F)c([N+](=O)[O-])cc2F)CC1. The number of rotatable bonds is 5. The summed E-state index contributed by atoms with van der Waals surface area (Å²) in [6.07, 6.45) is 1.09. The maximum Gasteiger partial charge on any atom is 0.307 e. The van der Waals surface area contributed by atoms with Crippen molar-refractivity contribution in [3.63, 3.8) is 0 Å². The molecule has 0 bridgehead atoms. The highest BCUT2D eigenvalue weighted by Crippen LogP contribution is 2.22. The Hall–Kier alpha value is -1.60. The lowest BCUT2D eigenvalue weighted by Gasteiger charge is -2.32. The molecule has 0 spiro atoms. The third kappa shape index (κ3) is 4.18. The van der Waals surface area contributed by atoms with Crippen LogP contribution in [0.15, 0.2) is 12.1 Å². The van der Waals surface area contributed by atoms with Gasteiger partial charge in [-0.3, -0.25) is 10.1 Å². The van der Waals surface area contributed by atoms with Crippen molar-refractivity contribution >= 4 is 5.69 Å². The zero-order chi connectivity index (χ0) is 15.4. The molecule has 0 amide bonds. The van der Waals surface area contributed by atoms with E-state index in [0.29, 0.717) is 18.9 Å². The first-order valence-corrected chi connectivity index (χ1v) is 7.00. The van der Waals surface area contributed by atoms with Crippen LogP contribution in [-0.2, 0) is 6.42 Å². The van der Waals surface area contributed by atoms with E-state index >= 15 is 0 Å². The molecule has 0 saturated carbocycles. The van der Waals surface area contributed by atoms with Crippen LogP contribution >= 0.6 is 0 Å². The lowest BCUT2D eigenvalue weighted by Crippen LogP contribution is -2.44. The predicted molar refractivity (Wildman–Crippen MR) is 75.3 cm³/mol. The maximum absolute atomic E-state index is 13.7. The summed E-state index contributed by atoms with van der Waals surface area (Å²) in [6, 6.07) is 1.61. The fraction of sp³-hybridized carbons (Fsp3) is 0.571. The van der Waals surface area contributed by atoms with Gasteiger partial charge in [-0.1, -0.05) is 0 Å². The fourth-order valence-electron chi connectivity index (χ4n) is 2.47. The van der Waals surface area contributed by atoms with E-state index < -0.39 is 22.2 Å². The minimum Gasteiger partial charge on any atom is -0.304 e. The monoisotopic (exact) mass is 299 g/mol. The third-order valence-electron chi connectivity index (χ3n) is 3.83. The second-order valence-electron chi connectivity index (χ2n) is 5.40. The van der Waals surface area contributed by atoms with Gasteiger partial charge in [-0.25, -0.2) is 4.39 Å². The quantitative estimate of drug-likeness (QED) is 0.617. The van der Waals surface area contributed by atoms with E-state index in [1.807, 2.05) is 0 Å². The maximum atomic E-state index is 13.7. The average molecular weight is 299 g/mol. The first-order chi connectivity index (χ1) is 9.97. The van der Waals surface area contributed by atoms with Crippen molar-refractivity contribution in [2.24, 2.45) is 0 Å². The Morgan fingerprint density at radius 3 is 2.48 bits per heavy atom. The van der Waals surface area contributed by atoms with Gasteiger partial charge in [0.1, 0.15) is 5.82 Å². The number of halogens is 2. The zero-order valence-corrected chi connectivity index (χ0v) is 12.0. The number of likely N-dealkylation sites (N-methyl/N-ethyl adjacent to an activating group) is 1. The molecule has 1 aromatic rings. The van der Waals surface area contributed by atoms with Crippen LogP contribution in [0.1, 0.15) is 12.0 Å². The Labute approximate surface area is 122 Å². The number of hydrogen-bond donors (Lipinski definition) is 0. The summed E-state index contributed by atoms with van der Waals surface area (Å²) >= 11 is 0. The van der Waals surface area contributed by atoms with Crippen molar-refractivity contribution in [1.29, 1.82) is 0 Å². The van der Waals surface area contributed by atoms with E-state index in [2.05, 4.69) is 16.8 Å². The Kier molecular flexibility index (Phi) is 5.19. The highest BCUT2D eigenvalue weighted by atomic mass is 19.1. The molecule has 7 heteroatoms. The Morgan fingerprint density at radius 2 is 1.86 bits per heavy atom. The first-order valence-electron chi connectivity index (χ1n) is 7.00. The van der Waals surface area contributed by atoms with Gasteiger partial charge in [0.05, 0.1) is 11.0 Å². The summed E-state index contributed by atoms with van der Waals surface area (Å²) in [5, 5.41) is 10.5. The van der Waals surface area contributed by atoms with Gasteiger partial charge in [0, 0.05) is 26.2 Å². The van der Waals surface area contributed by atoms with Crippen LogP contribution in [0.2, 0.25) is 0 Å². The molecule has 21 heavy (non-hydrogen) atoms. The van der Waals surface area contributed by atoms with Crippen LogP contribution in [-0.4, -0.2) is 54.5 Å². The van der Waals surface area contributed by atoms with E-state index in [-0.39, 0.29) is 5.56 Å². The topological polar surface area (TPSA) is 49.6 Å². The van der Waals surface area contributed by atoms with Crippen LogP contribution in [0.25, 0.3) is 0 Å². The van der Waals surface area contributed by atoms with Gasteiger partial charge in [0.2, 0.25) is 5.82 Å². The summed E-state index contributed by atoms with van der Waals surface area (Å²) < 4.78 is 27.2. The Morgan fingerprint density at radius 1 is 1.19 bits per heavy atom. The lowest BCUT2D eigenvalue weighted by atomic mass is 10.1. The number of nitrogens with zero attached hydrogens (tertiary/aromatic N) is 3. The second-order valence-corrected chi connectivity index (χ2v) is 5.40. The highest BCUT2D eigenvalue weighted by molar-refractivity contribution is 5.36. The number of hydrogen-bond acceptors (Lipinski definition) is 4. The molecule has 1 saturated heterocycles. The van der Waals surface area contributed by atoms with Crippen molar-refractivity contribution in [1.82, 2.24) is 9.80 Å². The molecule has 1 aromatic carbocycles. The number of nitro groups is 1. The molecule has 0 aliphatic carbocycles. The van der Waals surface area contributed by atoms with Crippen LogP contribution in [0.3, 0.4) is 0 Å². The van der Waals surface area contributed by atoms with Crippen molar-refractivity contribution in [3.8, 4) is 0 Å². The molecule has 1 aliphatic heterocycles. The van der Waals surface area contributed by atoms with Crippen LogP contribution < -0.4 is 0 Å². The molecule has 0 unspecified atom stereocenters. The normalized spacial score (nSPS) is 17.1. The Bertz CT molecular complexity index is 517. The van der Waals surface area contributed by atoms with E-state index in [0.717, 1.165) is 38.8 Å². The molecule has 1 fully saturated rings. The summed E-state index contributed by atoms with van der Waals surface area (Å²) in [6.45, 7) is 4.81. The van der Waals surface area contributed by atoms with Crippen molar-refractivity contribution in [3.05, 3.63) is 39.4 Å². The van der Waals surface area contributed by atoms with E-state index in [1.54, 1.807) is 0 Å². The fourth-order valence-corrected chi connectivity index (χ4v) is 2.47. The van der Waals surface area contributed by atoms with E-state index in [9.17, 15) is 18.9 Å². The van der Waals surface area contributed by atoms with E-state index in [1.165, 1.54) is 0 Å². The number of nitro benzene ring substituents is 1. The van der Waals surface area contributed by atoms with Crippen LogP contribution in [0.5, 0.6) is 0 Å². The van der Waals surface area contributed by atoms with E-state index in [4.69, 9.17) is 0 Å². The molecule has 0 radical (unpaired) electrons. The van der Waals surface area contributed by atoms with Crippen LogP contribution in [0.4, 0.5) is 14.5 Å². The van der Waals surface area contributed by atoms with Crippen molar-refractivity contribution in [2.45, 2.75) is 12.8 Å². The average Bonchev–Trinajstić information content (AvgIpc) is 2.44. The minimum absolute atomic E-state index is 0.201. The largest absolute Gasteiger partial charge is 0.307 e. The summed E-state index contributed by atoms with van der Waals surface area (Å²) in [4.78, 5) is 14.2. The summed E-state index contributed by atoms with van der Waals surface area (Å²) in [7, 11) is 2.08. The van der Waals surface area contributed by atoms with Crippen molar-refractivity contribution in [2.75, 3.05) is 39.8 Å². The molecular formula is C14H19F2N3O2. The number of benzene rings is 1. The van der Waals surface area contributed by atoms with Gasteiger partial charge in [-0.15, -0.1) is 0 Å². The smallest absolute Gasteiger partial charge is 0.304 e. The Balaban J connectivity index is 1.88. The highest BCUT2D eigenvalue weighted by Gasteiger charge is 2.19. The molecule has 1 heterocycles. The molecule has 5 nitrogen and oxygen atoms in total. The lowest BCUT2D eigenvalue weighted by molar-refractivity contribution is -0.387. The minimum atomic E-state index is -0.976. The molecule has 0 aromatic heterocycles. The van der Waals surface area contributed by atoms with Gasteiger partial charge in [-0.2, -0.15) is 4.39 Å². The van der Waals surface area contributed by atoms with Gasteiger partial charge in [0.15, 0.2) is 0 Å². The first kappa shape index (κ1) is 15.8. The number of aryl methyl sites for hydroxylation is 1. The molecule has 1 aliphatic rings. The molecule has 116 valence electrons. The van der Waals surface area contributed by atoms with Gasteiger partial charge >= 0.3 is 5.69 Å². The second kappa shape index (κ2) is 6.91. The van der Waals surface area contributed by atoms with Gasteiger partial charge in [0.25, 0.3) is 0 Å². The van der Waals surface area contributed by atoms with Gasteiger partial charge < -0.3 is 9.80 Å². The molecule has 0 N–H and O–H groups in total. The third-order valence-corrected chi connectivity index (χ3v) is 3.83. The molecule has 0 atom stereocenters.